The van der Waals surface area contributed by atoms with Crippen molar-refractivity contribution in [2.75, 3.05) is 20.1 Å². The lowest BCUT2D eigenvalue weighted by atomic mass is 9.85. The lowest BCUT2D eigenvalue weighted by Crippen LogP contribution is -2.54. The highest BCUT2D eigenvalue weighted by Gasteiger charge is 2.44. The number of hydrogen-bond acceptors (Lipinski definition) is 4. The maximum absolute atomic E-state index is 12.7. The van der Waals surface area contributed by atoms with E-state index in [0.717, 1.165) is 13.0 Å². The second kappa shape index (κ2) is 5.53. The van der Waals surface area contributed by atoms with Gasteiger partial charge < -0.3 is 9.64 Å². The van der Waals surface area contributed by atoms with Gasteiger partial charge in [-0.3, -0.25) is 9.59 Å². The molecule has 102 valence electrons. The van der Waals surface area contributed by atoms with E-state index < -0.39 is 11.6 Å². The maximum Gasteiger partial charge on any atom is 0.303 e. The van der Waals surface area contributed by atoms with Crippen molar-refractivity contribution in [1.82, 2.24) is 4.90 Å². The van der Waals surface area contributed by atoms with Crippen LogP contribution in [-0.2, 0) is 9.53 Å². The van der Waals surface area contributed by atoms with Crippen LogP contribution >= 0.6 is 0 Å². The van der Waals surface area contributed by atoms with Gasteiger partial charge in [-0.1, -0.05) is 30.3 Å². The molecule has 0 saturated carbocycles. The van der Waals surface area contributed by atoms with Crippen LogP contribution in [0.2, 0.25) is 0 Å². The van der Waals surface area contributed by atoms with Crippen LogP contribution in [0.4, 0.5) is 0 Å². The minimum atomic E-state index is -1.03. The Balaban J connectivity index is 2.32. The Morgan fingerprint density at radius 1 is 1.26 bits per heavy atom. The van der Waals surface area contributed by atoms with E-state index in [4.69, 9.17) is 4.74 Å². The van der Waals surface area contributed by atoms with Crippen molar-refractivity contribution in [2.45, 2.75) is 25.4 Å². The number of likely N-dealkylation sites (tertiary alicyclic amines) is 1. The van der Waals surface area contributed by atoms with Crippen molar-refractivity contribution >= 4 is 11.8 Å². The monoisotopic (exact) mass is 261 g/mol. The number of piperidine rings is 1. The molecule has 2 rings (SSSR count). The smallest absolute Gasteiger partial charge is 0.303 e. The topological polar surface area (TPSA) is 46.6 Å². The highest BCUT2D eigenvalue weighted by molar-refractivity contribution is 6.03. The standard InChI is InChI=1S/C15H19NO3/c1-12(17)19-15(9-6-10-16(2)11-15)14(18)13-7-4-3-5-8-13/h3-5,7-8H,6,9-11H2,1-2H3. The molecule has 1 heterocycles. The SMILES string of the molecule is CC(=O)OC1(C(=O)c2ccccc2)CCCN(C)C1. The number of ether oxygens (including phenoxy) is 1. The number of nitrogens with zero attached hydrogens (tertiary/aromatic N) is 1. The molecule has 0 amide bonds. The first-order chi connectivity index (χ1) is 9.03. The second-order valence-corrected chi connectivity index (χ2v) is 5.12. The summed E-state index contributed by atoms with van der Waals surface area (Å²) in [7, 11) is 1.94. The van der Waals surface area contributed by atoms with Gasteiger partial charge in [-0.15, -0.1) is 0 Å². The van der Waals surface area contributed by atoms with Crippen molar-refractivity contribution in [3.05, 3.63) is 35.9 Å². The highest BCUT2D eigenvalue weighted by atomic mass is 16.6. The summed E-state index contributed by atoms with van der Waals surface area (Å²) in [4.78, 5) is 26.1. The number of likely N-dealkylation sites (N-methyl/N-ethyl adjacent to an activating group) is 1. The number of carbonyl (C=O) groups is 2. The van der Waals surface area contributed by atoms with E-state index in [9.17, 15) is 9.59 Å². The quantitative estimate of drug-likeness (QED) is 0.616. The fraction of sp³-hybridized carbons (Fsp3) is 0.467. The zero-order valence-corrected chi connectivity index (χ0v) is 11.4. The molecule has 1 atom stereocenters. The molecule has 0 aromatic heterocycles. The summed E-state index contributed by atoms with van der Waals surface area (Å²) in [5.41, 5.74) is -0.431. The van der Waals surface area contributed by atoms with Crippen LogP contribution in [0, 0.1) is 0 Å². The summed E-state index contributed by atoms with van der Waals surface area (Å²) in [6.45, 7) is 2.74. The van der Waals surface area contributed by atoms with Crippen LogP contribution in [0.5, 0.6) is 0 Å². The highest BCUT2D eigenvalue weighted by Crippen LogP contribution is 2.28. The first-order valence-corrected chi connectivity index (χ1v) is 6.51. The van der Waals surface area contributed by atoms with E-state index in [2.05, 4.69) is 0 Å². The molecule has 0 spiro atoms. The van der Waals surface area contributed by atoms with E-state index in [0.29, 0.717) is 18.5 Å². The molecule has 1 fully saturated rings. The Hall–Kier alpha value is -1.68. The van der Waals surface area contributed by atoms with Gasteiger partial charge in [0, 0.05) is 19.0 Å². The summed E-state index contributed by atoms with van der Waals surface area (Å²) in [5, 5.41) is 0. The van der Waals surface area contributed by atoms with Gasteiger partial charge in [-0.05, 0) is 26.4 Å². The van der Waals surface area contributed by atoms with Gasteiger partial charge in [0.15, 0.2) is 5.60 Å². The number of Topliss-reactive ketones (excluding diaryl/α,β-unsaturated/α-hetero) is 1. The molecule has 0 bridgehead atoms. The van der Waals surface area contributed by atoms with E-state index in [1.54, 1.807) is 12.1 Å². The molecular formula is C15H19NO3. The number of rotatable bonds is 3. The number of esters is 1. The van der Waals surface area contributed by atoms with Gasteiger partial charge in [-0.2, -0.15) is 0 Å². The third-order valence-electron chi connectivity index (χ3n) is 3.43. The van der Waals surface area contributed by atoms with Gasteiger partial charge >= 0.3 is 5.97 Å². The summed E-state index contributed by atoms with van der Waals surface area (Å²) in [6.07, 6.45) is 1.44. The zero-order valence-electron chi connectivity index (χ0n) is 11.4. The van der Waals surface area contributed by atoms with Crippen molar-refractivity contribution in [1.29, 1.82) is 0 Å². The lowest BCUT2D eigenvalue weighted by Gasteiger charge is -2.39. The summed E-state index contributed by atoms with van der Waals surface area (Å²) in [6, 6.07) is 9.04. The van der Waals surface area contributed by atoms with E-state index in [1.807, 2.05) is 30.1 Å². The fourth-order valence-corrected chi connectivity index (χ4v) is 2.67. The average molecular weight is 261 g/mol. The second-order valence-electron chi connectivity index (χ2n) is 5.12. The summed E-state index contributed by atoms with van der Waals surface area (Å²) in [5.74, 6) is -0.505. The summed E-state index contributed by atoms with van der Waals surface area (Å²) < 4.78 is 5.44. The number of carbonyl (C=O) groups excluding carboxylic acids is 2. The number of ketones is 1. The first-order valence-electron chi connectivity index (χ1n) is 6.51. The Bertz CT molecular complexity index is 472. The Morgan fingerprint density at radius 3 is 2.53 bits per heavy atom. The van der Waals surface area contributed by atoms with Crippen LogP contribution in [-0.4, -0.2) is 42.4 Å². The number of benzene rings is 1. The lowest BCUT2D eigenvalue weighted by molar-refractivity contribution is -0.156. The van der Waals surface area contributed by atoms with Crippen LogP contribution in [0.15, 0.2) is 30.3 Å². The van der Waals surface area contributed by atoms with E-state index in [1.165, 1.54) is 6.92 Å². The molecular weight excluding hydrogens is 242 g/mol. The third kappa shape index (κ3) is 3.01. The van der Waals surface area contributed by atoms with Gasteiger partial charge in [0.2, 0.25) is 5.78 Å². The van der Waals surface area contributed by atoms with Gasteiger partial charge in [0.1, 0.15) is 0 Å². The minimum absolute atomic E-state index is 0.102. The van der Waals surface area contributed by atoms with Crippen LogP contribution < -0.4 is 0 Å². The van der Waals surface area contributed by atoms with Crippen LogP contribution in [0.25, 0.3) is 0 Å². The molecule has 1 aromatic rings. The van der Waals surface area contributed by atoms with Gasteiger partial charge in [0.05, 0.1) is 0 Å². The van der Waals surface area contributed by atoms with Gasteiger partial charge in [-0.25, -0.2) is 0 Å². The van der Waals surface area contributed by atoms with Crippen molar-refractivity contribution in [2.24, 2.45) is 0 Å². The van der Waals surface area contributed by atoms with Crippen LogP contribution in [0.3, 0.4) is 0 Å². The maximum atomic E-state index is 12.7. The molecule has 1 aromatic carbocycles. The van der Waals surface area contributed by atoms with Gasteiger partial charge in [0.25, 0.3) is 0 Å². The fourth-order valence-electron chi connectivity index (χ4n) is 2.67. The van der Waals surface area contributed by atoms with E-state index in [-0.39, 0.29) is 5.78 Å². The number of hydrogen-bond donors (Lipinski definition) is 0. The molecule has 4 heteroatoms. The van der Waals surface area contributed by atoms with Crippen molar-refractivity contribution in [3.63, 3.8) is 0 Å². The minimum Gasteiger partial charge on any atom is -0.449 e. The van der Waals surface area contributed by atoms with E-state index >= 15 is 0 Å². The van der Waals surface area contributed by atoms with Crippen molar-refractivity contribution < 1.29 is 14.3 Å². The normalized spacial score (nSPS) is 23.9. The average Bonchev–Trinajstić information content (AvgIpc) is 2.38. The molecule has 1 aliphatic heterocycles. The van der Waals surface area contributed by atoms with Crippen LogP contribution in [0.1, 0.15) is 30.1 Å². The largest absolute Gasteiger partial charge is 0.449 e. The molecule has 1 unspecified atom stereocenters. The predicted octanol–water partition coefficient (Wildman–Crippen LogP) is 1.90. The Kier molecular flexibility index (Phi) is 4.00. The molecule has 19 heavy (non-hydrogen) atoms. The Morgan fingerprint density at radius 2 is 1.95 bits per heavy atom. The Labute approximate surface area is 113 Å². The van der Waals surface area contributed by atoms with Crippen molar-refractivity contribution in [3.8, 4) is 0 Å². The molecule has 0 aliphatic carbocycles. The zero-order chi connectivity index (χ0) is 13.9. The molecule has 1 saturated heterocycles. The molecule has 0 radical (unpaired) electrons. The molecule has 0 N–H and O–H groups in total. The predicted molar refractivity (Wildman–Crippen MR) is 72.0 cm³/mol. The molecule has 1 aliphatic rings. The molecule has 4 nitrogen and oxygen atoms in total. The summed E-state index contributed by atoms with van der Waals surface area (Å²) >= 11 is 0. The third-order valence-corrected chi connectivity index (χ3v) is 3.43. The first kappa shape index (κ1) is 13.7.